The summed E-state index contributed by atoms with van der Waals surface area (Å²) >= 11 is 2.84. The molecule has 33 heteroatoms. The number of thioether (sulfide) groups is 2. The monoisotopic (exact) mass is 1950 g/mol. The molecule has 109 heavy (non-hydrogen) atoms. The summed E-state index contributed by atoms with van der Waals surface area (Å²) in [6.45, 7) is 31.1. The van der Waals surface area contributed by atoms with Gasteiger partial charge in [-0.3, -0.25) is 34.2 Å². The third kappa shape index (κ3) is 24.1. The Morgan fingerprint density at radius 1 is 0.560 bits per heavy atom. The van der Waals surface area contributed by atoms with E-state index in [2.05, 4.69) is 120 Å². The van der Waals surface area contributed by atoms with Crippen molar-refractivity contribution in [1.29, 1.82) is 0 Å². The summed E-state index contributed by atoms with van der Waals surface area (Å²) in [5, 5.41) is 40.6. The molecular weight excluding hydrogens is 1860 g/mol. The average Bonchev–Trinajstić information content (AvgIpc) is 1.57. The van der Waals surface area contributed by atoms with Crippen LogP contribution in [0.15, 0.2) is 109 Å². The van der Waals surface area contributed by atoms with Crippen molar-refractivity contribution in [2.45, 2.75) is 147 Å². The molecule has 8 atom stereocenters. The van der Waals surface area contributed by atoms with Crippen LogP contribution >= 0.6 is 39.4 Å². The molecule has 4 saturated heterocycles. The minimum atomic E-state index is -2.34. The van der Waals surface area contributed by atoms with Crippen molar-refractivity contribution in [1.82, 2.24) is 50.8 Å². The zero-order valence-electron chi connectivity index (χ0n) is 62.8. The number of aliphatic carboxylic acids is 2. The fraction of sp³-hybridized carbons (Fsp3) is 0.447. The van der Waals surface area contributed by atoms with E-state index < -0.39 is 104 Å². The molecule has 0 saturated carbocycles. The second-order valence-electron chi connectivity index (χ2n) is 25.9. The number of benzene rings is 5. The van der Waals surface area contributed by atoms with Crippen molar-refractivity contribution in [3.05, 3.63) is 173 Å². The van der Waals surface area contributed by atoms with E-state index in [4.69, 9.17) is 5.73 Å². The van der Waals surface area contributed by atoms with E-state index in [-0.39, 0.29) is 97.3 Å². The van der Waals surface area contributed by atoms with Crippen LogP contribution in [0.5, 0.6) is 5.75 Å². The summed E-state index contributed by atoms with van der Waals surface area (Å²) in [4.78, 5) is 105. The number of esters is 1. The van der Waals surface area contributed by atoms with Gasteiger partial charge in [0.25, 0.3) is 5.91 Å². The molecule has 0 bridgehead atoms. The number of hydrogen-bond donors (Lipinski definition) is 6. The third-order valence-corrected chi connectivity index (χ3v) is 27.3. The number of hydrogen-bond acceptors (Lipinski definition) is 17. The Kier molecular flexibility index (Phi) is 38.5. The van der Waals surface area contributed by atoms with Crippen LogP contribution in [0.25, 0.3) is 22.5 Å². The van der Waals surface area contributed by atoms with E-state index in [1.54, 1.807) is 74.5 Å². The van der Waals surface area contributed by atoms with Gasteiger partial charge in [-0.1, -0.05) is 181 Å². The molecular formula is C76H94Au2F5N11O11P2S2. The third-order valence-electron chi connectivity index (χ3n) is 18.6. The Hall–Kier alpha value is -6.85. The number of β-lactam (4-membered cyclic amide) rings is 2. The molecule has 7 N–H and O–H groups in total. The molecule has 11 rings (SSSR count). The van der Waals surface area contributed by atoms with E-state index in [1.807, 2.05) is 38.1 Å². The number of ether oxygens (including phenoxy) is 1. The Morgan fingerprint density at radius 3 is 1.25 bits per heavy atom. The quantitative estimate of drug-likeness (QED) is 0.00356. The maximum atomic E-state index is 13.5. The number of nitrogens with two attached hydrogens (primary N) is 1. The maximum absolute atomic E-state index is 13.5. The number of ketones is 2. The predicted octanol–water partition coefficient (Wildman–Crippen LogP) is 13.5. The van der Waals surface area contributed by atoms with Gasteiger partial charge in [0.15, 0.2) is 11.6 Å². The Balaban J connectivity index is 0.000000308. The zero-order valence-corrected chi connectivity index (χ0v) is 70.5. The number of carboxylic acids is 2. The summed E-state index contributed by atoms with van der Waals surface area (Å²) in [6.07, 6.45) is 13.7. The molecule has 4 aliphatic heterocycles. The van der Waals surface area contributed by atoms with Gasteiger partial charge < -0.3 is 40.7 Å². The van der Waals surface area contributed by atoms with Crippen molar-refractivity contribution in [2.24, 2.45) is 17.6 Å². The first-order valence-corrected chi connectivity index (χ1v) is 40.8. The van der Waals surface area contributed by atoms with Crippen molar-refractivity contribution in [2.75, 3.05) is 56.6 Å². The SMILES string of the molecule is CC1(C)S[C@@H]2[C@H](CC(=O)[C@H](N)c3ccccc3)C(=O)N2[C@H]1C(=O)O.CC1(C)S[C@@H]2[C@H](CC(=O)[C@H](NC(=O)c3ccc(-c4[c-]nn[nH]4)cc3)c3ccccc3)C(=O)N2[C@H]1C(=O)O.CCN(CC)CC.CCP(CC)CC.CCP(CC)CC.O=C(Oc1c(F)c(F)c(F)c(F)c1F)c1ccc(-c2[c-]nn[nH]2)cc1.[Au+].[Au+]. The van der Waals surface area contributed by atoms with Crippen LogP contribution in [0, 0.1) is 53.3 Å². The number of nitrogens with zero attached hydrogens (tertiary/aromatic N) is 7. The predicted molar refractivity (Wildman–Crippen MR) is 407 cm³/mol. The first-order chi connectivity index (χ1) is 50.8. The first kappa shape index (κ1) is 94.5. The Morgan fingerprint density at radius 2 is 0.917 bits per heavy atom. The number of rotatable bonds is 25. The van der Waals surface area contributed by atoms with Crippen molar-refractivity contribution < 1.29 is 120 Å². The fourth-order valence-corrected chi connectivity index (χ4v) is 18.3. The summed E-state index contributed by atoms with van der Waals surface area (Å²) in [7, 11) is 0.892. The molecule has 7 aromatic rings. The minimum absolute atomic E-state index is 0. The van der Waals surface area contributed by atoms with Gasteiger partial charge in [0.05, 0.1) is 34.2 Å². The number of H-pyrrole nitrogens is 2. The number of Topliss-reactive ketones (excluding diaryl/α,β-unsaturated/α-hetero) is 2. The van der Waals surface area contributed by atoms with Crippen molar-refractivity contribution in [3.63, 3.8) is 0 Å². The van der Waals surface area contributed by atoms with Crippen LogP contribution < -0.4 is 15.8 Å². The van der Waals surface area contributed by atoms with E-state index in [0.29, 0.717) is 49.5 Å². The number of fused-ring (bicyclic) bond motifs is 2. The van der Waals surface area contributed by atoms with Crippen LogP contribution in [-0.2, 0) is 73.5 Å². The Labute approximate surface area is 675 Å². The molecule has 0 aliphatic carbocycles. The van der Waals surface area contributed by atoms with Gasteiger partial charge in [-0.15, -0.1) is 74.8 Å². The van der Waals surface area contributed by atoms with Crippen molar-refractivity contribution >= 4 is 86.6 Å². The smallest absolute Gasteiger partial charge is 0.480 e. The average molecular weight is 1950 g/mol. The Bertz CT molecular complexity index is 4030. The van der Waals surface area contributed by atoms with E-state index in [0.717, 1.165) is 5.56 Å². The van der Waals surface area contributed by atoms with Crippen LogP contribution in [-0.4, -0.2) is 192 Å². The van der Waals surface area contributed by atoms with Gasteiger partial charge in [0, 0.05) is 27.9 Å². The summed E-state index contributed by atoms with van der Waals surface area (Å²) in [5.41, 5.74) is 9.78. The van der Waals surface area contributed by atoms with Gasteiger partial charge >= 0.3 is 62.7 Å². The number of nitrogens with one attached hydrogen (secondary N) is 3. The van der Waals surface area contributed by atoms with Crippen LogP contribution in [0.1, 0.15) is 147 Å². The summed E-state index contributed by atoms with van der Waals surface area (Å²) in [5.74, 6) is -19.0. The molecule has 4 aliphatic rings. The number of halogens is 5. The molecule has 0 radical (unpaired) electrons. The van der Waals surface area contributed by atoms with Crippen LogP contribution in [0.4, 0.5) is 22.0 Å². The van der Waals surface area contributed by atoms with Gasteiger partial charge in [0.2, 0.25) is 46.6 Å². The van der Waals surface area contributed by atoms with E-state index in [1.165, 1.54) is 114 Å². The van der Waals surface area contributed by atoms with Crippen LogP contribution in [0.3, 0.4) is 0 Å². The largest absolute Gasteiger partial charge is 1.00 e. The fourth-order valence-electron chi connectivity index (χ4n) is 12.3. The van der Waals surface area contributed by atoms with E-state index in [9.17, 15) is 70.5 Å². The van der Waals surface area contributed by atoms with Crippen molar-refractivity contribution in [3.8, 4) is 28.3 Å². The molecule has 6 heterocycles. The molecule has 5 aromatic carbocycles. The molecule has 598 valence electrons. The summed E-state index contributed by atoms with van der Waals surface area (Å²) in [6, 6.07) is 26.3. The number of amides is 3. The van der Waals surface area contributed by atoms with E-state index >= 15 is 0 Å². The number of carboxylic acid groups (broad SMARTS) is 2. The topological polar surface area (TPSA) is 317 Å². The number of carbonyl (C=O) groups excluding carboxylic acids is 6. The first-order valence-electron chi connectivity index (χ1n) is 35.2. The van der Waals surface area contributed by atoms with Crippen LogP contribution in [0.2, 0.25) is 0 Å². The standard InChI is InChI=1S/C26H24N5O5S.C17H20N2O4S.C15H5F5N3O2.C6H15N.2C6H15P.2Au/c1-26(2)21(25(35)36)31-23(34)17(24(31)37-26)12-19(32)20(15-6-4-3-5-7-15)28-22(33)16-10-8-14(9-11-16)18-13-27-30-29-18;1-17(2)13(16(22)23)19-14(21)10(15(19)24-17)8-11(20)12(18)9-6-4-3-5-7-9;16-9-10(17)12(19)14(13(20)11(9)18)25-15(24)7-3-1-6(2-4-7)8-5-21-23-22-8;3*1-4-7(5-2)6-3;;/h3-11,17,20-21,24H,12H2,1-2H3,(H,28,33)(H,35,36)(H,27,29,30);3-7,10,12-13,15H,8,18H2,1-2H3,(H,22,23);1-4H,(H,21,22,23);3*4-6H2,1-3H3;;/q-1;;-1;;;;2*+1/t17-,20-,21+,24-;10-,12-,13+,15-;;;;;;/m11....../s1. The maximum Gasteiger partial charge on any atom is 1.00 e. The number of carbonyl (C=O) groups is 8. The van der Waals surface area contributed by atoms with Gasteiger partial charge in [-0.05, 0) is 95.4 Å². The molecule has 2 aromatic heterocycles. The summed E-state index contributed by atoms with van der Waals surface area (Å²) < 4.78 is 69.2. The molecule has 0 spiro atoms. The molecule has 22 nitrogen and oxygen atoms in total. The minimum Gasteiger partial charge on any atom is -0.480 e. The second kappa shape index (κ2) is 44.4. The molecule has 0 unspecified atom stereocenters. The normalized spacial score (nSPS) is 18.5. The number of aromatic amines is 2. The van der Waals surface area contributed by atoms with Gasteiger partial charge in [-0.2, -0.15) is 8.78 Å². The van der Waals surface area contributed by atoms with Gasteiger partial charge in [0.1, 0.15) is 18.1 Å². The zero-order chi connectivity index (χ0) is 79.2. The molecule has 4 fully saturated rings. The second-order valence-corrected chi connectivity index (χ2v) is 35.9. The number of aromatic nitrogens is 6. The van der Waals surface area contributed by atoms with Gasteiger partial charge in [-0.25, -0.2) is 37.8 Å². The molecule has 3 amide bonds.